The minimum atomic E-state index is -3.76. The number of carbonyl (C=O) groups excluding carboxylic acids is 1. The number of methoxy groups -OCH3 is 1. The van der Waals surface area contributed by atoms with Crippen molar-refractivity contribution in [2.24, 2.45) is 0 Å². The highest BCUT2D eigenvalue weighted by atomic mass is 32.2. The summed E-state index contributed by atoms with van der Waals surface area (Å²) in [6, 6.07) is 17.8. The first-order valence-corrected chi connectivity index (χ1v) is 11.9. The van der Waals surface area contributed by atoms with Crippen LogP contribution in [0.3, 0.4) is 0 Å². The summed E-state index contributed by atoms with van der Waals surface area (Å²) < 4.78 is 33.1. The third kappa shape index (κ3) is 3.85. The zero-order valence-electron chi connectivity index (χ0n) is 16.7. The fraction of sp³-hybridized carbons (Fsp3) is 0.227. The maximum absolute atomic E-state index is 13.2. The maximum atomic E-state index is 13.2. The van der Waals surface area contributed by atoms with Gasteiger partial charge in [0, 0.05) is 12.7 Å². The van der Waals surface area contributed by atoms with Gasteiger partial charge in [-0.15, -0.1) is 11.8 Å². The number of benzene rings is 2. The predicted octanol–water partition coefficient (Wildman–Crippen LogP) is 3.82. The van der Waals surface area contributed by atoms with E-state index in [9.17, 15) is 13.2 Å². The van der Waals surface area contributed by atoms with Gasteiger partial charge in [0.1, 0.15) is 11.1 Å². The van der Waals surface area contributed by atoms with E-state index >= 15 is 0 Å². The van der Waals surface area contributed by atoms with Crippen LogP contribution in [0.15, 0.2) is 71.8 Å². The molecule has 0 saturated carbocycles. The van der Waals surface area contributed by atoms with Crippen molar-refractivity contribution in [1.82, 2.24) is 8.87 Å². The molecular formula is C22H22N2O4S2. The molecule has 2 aromatic carbocycles. The van der Waals surface area contributed by atoms with Crippen LogP contribution in [0.4, 0.5) is 0 Å². The van der Waals surface area contributed by atoms with Gasteiger partial charge in [-0.3, -0.25) is 4.79 Å². The van der Waals surface area contributed by atoms with E-state index in [1.807, 2.05) is 31.2 Å². The Kier molecular flexibility index (Phi) is 5.62. The zero-order valence-corrected chi connectivity index (χ0v) is 18.3. The van der Waals surface area contributed by atoms with Gasteiger partial charge in [0.2, 0.25) is 5.91 Å². The van der Waals surface area contributed by atoms with Crippen molar-refractivity contribution in [3.05, 3.63) is 83.7 Å². The van der Waals surface area contributed by atoms with Crippen LogP contribution in [0.1, 0.15) is 22.2 Å². The lowest BCUT2D eigenvalue weighted by Crippen LogP contribution is -2.29. The highest BCUT2D eigenvalue weighted by Gasteiger charge is 2.36. The Balaban J connectivity index is 1.68. The first-order valence-electron chi connectivity index (χ1n) is 9.43. The van der Waals surface area contributed by atoms with Crippen molar-refractivity contribution in [3.63, 3.8) is 0 Å². The van der Waals surface area contributed by atoms with Crippen LogP contribution < -0.4 is 4.74 Å². The number of ether oxygens (including phenoxy) is 1. The average molecular weight is 443 g/mol. The average Bonchev–Trinajstić information content (AvgIpc) is 3.36. The highest BCUT2D eigenvalue weighted by molar-refractivity contribution is 8.00. The Morgan fingerprint density at radius 2 is 1.87 bits per heavy atom. The summed E-state index contributed by atoms with van der Waals surface area (Å²) in [6.07, 6.45) is 1.54. The molecule has 1 fully saturated rings. The normalized spacial score (nSPS) is 16.8. The largest absolute Gasteiger partial charge is 0.497 e. The van der Waals surface area contributed by atoms with E-state index in [0.29, 0.717) is 23.7 Å². The van der Waals surface area contributed by atoms with Crippen LogP contribution in [-0.2, 0) is 21.4 Å². The van der Waals surface area contributed by atoms with Gasteiger partial charge >= 0.3 is 0 Å². The van der Waals surface area contributed by atoms with Gasteiger partial charge in [-0.05, 0) is 48.9 Å². The van der Waals surface area contributed by atoms with E-state index < -0.39 is 10.0 Å². The second-order valence-corrected chi connectivity index (χ2v) is 9.97. The molecule has 1 unspecified atom stereocenters. The van der Waals surface area contributed by atoms with Crippen LogP contribution in [0.5, 0.6) is 5.75 Å². The first-order chi connectivity index (χ1) is 14.4. The summed E-state index contributed by atoms with van der Waals surface area (Å²) in [5, 5.41) is -0.390. The Morgan fingerprint density at radius 1 is 1.10 bits per heavy atom. The molecule has 1 aliphatic rings. The number of aromatic nitrogens is 1. The Labute approximate surface area is 180 Å². The second kappa shape index (κ2) is 8.20. The van der Waals surface area contributed by atoms with Crippen LogP contribution >= 0.6 is 11.8 Å². The number of nitrogens with zero attached hydrogens (tertiary/aromatic N) is 2. The van der Waals surface area contributed by atoms with Crippen LogP contribution in [0.2, 0.25) is 0 Å². The van der Waals surface area contributed by atoms with Gasteiger partial charge in [-0.1, -0.05) is 29.8 Å². The van der Waals surface area contributed by atoms with Crippen molar-refractivity contribution in [2.75, 3.05) is 12.9 Å². The number of hydrogen-bond acceptors (Lipinski definition) is 5. The van der Waals surface area contributed by atoms with Gasteiger partial charge in [0.25, 0.3) is 10.0 Å². The molecule has 156 valence electrons. The summed E-state index contributed by atoms with van der Waals surface area (Å²) in [6.45, 7) is 2.29. The number of rotatable bonds is 6. The number of carbonyl (C=O) groups is 1. The lowest BCUT2D eigenvalue weighted by molar-refractivity contribution is -0.128. The van der Waals surface area contributed by atoms with Crippen molar-refractivity contribution in [1.29, 1.82) is 0 Å². The molecule has 6 nitrogen and oxygen atoms in total. The quantitative estimate of drug-likeness (QED) is 0.581. The SMILES string of the molecule is COc1cccc(CN2C(=O)CSC2c2cccn2S(=O)(=O)c2ccc(C)cc2)c1. The summed E-state index contributed by atoms with van der Waals surface area (Å²) in [5.41, 5.74) is 2.48. The molecule has 1 aromatic heterocycles. The molecule has 1 atom stereocenters. The molecule has 0 bridgehead atoms. The molecule has 1 amide bonds. The predicted molar refractivity (Wildman–Crippen MR) is 117 cm³/mol. The van der Waals surface area contributed by atoms with Crippen molar-refractivity contribution >= 4 is 27.7 Å². The molecule has 2 heterocycles. The summed E-state index contributed by atoms with van der Waals surface area (Å²) in [5.74, 6) is 1.01. The smallest absolute Gasteiger partial charge is 0.267 e. The molecule has 0 N–H and O–H groups in total. The lowest BCUT2D eigenvalue weighted by atomic mass is 10.2. The van der Waals surface area contributed by atoms with Gasteiger partial charge in [-0.2, -0.15) is 0 Å². The molecule has 3 aromatic rings. The summed E-state index contributed by atoms with van der Waals surface area (Å²) in [7, 11) is -2.16. The van der Waals surface area contributed by atoms with Crippen LogP contribution in [-0.4, -0.2) is 36.1 Å². The van der Waals surface area contributed by atoms with Crippen molar-refractivity contribution in [2.45, 2.75) is 23.7 Å². The van der Waals surface area contributed by atoms with Gasteiger partial charge in [0.15, 0.2) is 0 Å². The van der Waals surface area contributed by atoms with E-state index in [0.717, 1.165) is 11.1 Å². The molecule has 1 aliphatic heterocycles. The summed E-state index contributed by atoms with van der Waals surface area (Å²) >= 11 is 1.43. The lowest BCUT2D eigenvalue weighted by Gasteiger charge is -2.25. The molecule has 0 spiro atoms. The Bertz CT molecular complexity index is 1170. The summed E-state index contributed by atoms with van der Waals surface area (Å²) in [4.78, 5) is 14.6. The van der Waals surface area contributed by atoms with E-state index in [2.05, 4.69) is 0 Å². The van der Waals surface area contributed by atoms with E-state index in [1.165, 1.54) is 21.9 Å². The fourth-order valence-corrected chi connectivity index (χ4v) is 6.09. The number of aryl methyl sites for hydroxylation is 1. The maximum Gasteiger partial charge on any atom is 0.267 e. The van der Waals surface area contributed by atoms with E-state index in [-0.39, 0.29) is 16.2 Å². The van der Waals surface area contributed by atoms with E-state index in [1.54, 1.807) is 48.4 Å². The topological polar surface area (TPSA) is 68.6 Å². The fourth-order valence-electron chi connectivity index (χ4n) is 3.45. The monoisotopic (exact) mass is 442 g/mol. The highest BCUT2D eigenvalue weighted by Crippen LogP contribution is 2.40. The molecule has 1 saturated heterocycles. The number of hydrogen-bond donors (Lipinski definition) is 0. The Morgan fingerprint density at radius 3 is 2.60 bits per heavy atom. The van der Waals surface area contributed by atoms with Crippen molar-refractivity contribution in [3.8, 4) is 5.75 Å². The van der Waals surface area contributed by atoms with Gasteiger partial charge < -0.3 is 9.64 Å². The standard InChI is InChI=1S/C22H22N2O4S2/c1-16-8-10-19(11-9-16)30(26,27)24-12-4-7-20(24)22-23(21(25)15-29-22)14-17-5-3-6-18(13-17)28-2/h3-13,22H,14-15H2,1-2H3. The first kappa shape index (κ1) is 20.6. The van der Waals surface area contributed by atoms with Crippen molar-refractivity contribution < 1.29 is 17.9 Å². The van der Waals surface area contributed by atoms with Crippen LogP contribution in [0.25, 0.3) is 0 Å². The molecule has 8 heteroatoms. The molecule has 30 heavy (non-hydrogen) atoms. The molecule has 0 aliphatic carbocycles. The third-order valence-corrected chi connectivity index (χ3v) is 7.97. The zero-order chi connectivity index (χ0) is 21.3. The number of thioether (sulfide) groups is 1. The Hall–Kier alpha value is -2.71. The number of amides is 1. The molecule has 0 radical (unpaired) electrons. The van der Waals surface area contributed by atoms with E-state index in [4.69, 9.17) is 4.74 Å². The minimum absolute atomic E-state index is 0.0201. The second-order valence-electron chi connectivity index (χ2n) is 7.08. The molecular weight excluding hydrogens is 420 g/mol. The minimum Gasteiger partial charge on any atom is -0.497 e. The third-order valence-electron chi connectivity index (χ3n) is 5.03. The molecule has 4 rings (SSSR count). The van der Waals surface area contributed by atoms with Crippen LogP contribution in [0, 0.1) is 6.92 Å². The van der Waals surface area contributed by atoms with Gasteiger partial charge in [-0.25, -0.2) is 12.4 Å². The van der Waals surface area contributed by atoms with Gasteiger partial charge in [0.05, 0.1) is 23.5 Å².